The van der Waals surface area contributed by atoms with Crippen molar-refractivity contribution in [3.8, 4) is 0 Å². The second-order valence-corrected chi connectivity index (χ2v) is 4.65. The molecule has 3 heteroatoms. The summed E-state index contributed by atoms with van der Waals surface area (Å²) < 4.78 is 0. The van der Waals surface area contributed by atoms with Crippen molar-refractivity contribution in [2.45, 2.75) is 26.2 Å². The predicted molar refractivity (Wildman–Crippen MR) is 67.7 cm³/mol. The lowest BCUT2D eigenvalue weighted by molar-refractivity contribution is 0.364. The van der Waals surface area contributed by atoms with Gasteiger partial charge in [-0.05, 0) is 62.9 Å². The van der Waals surface area contributed by atoms with Crippen molar-refractivity contribution in [1.29, 1.82) is 0 Å². The van der Waals surface area contributed by atoms with Gasteiger partial charge in [0.15, 0.2) is 0 Å². The van der Waals surface area contributed by atoms with Crippen molar-refractivity contribution in [3.63, 3.8) is 0 Å². The smallest absolute Gasteiger partial charge is 0.126 e. The minimum atomic E-state index is 0.839. The molecule has 0 spiro atoms. The molecule has 0 saturated carbocycles. The Morgan fingerprint density at radius 3 is 3.25 bits per heavy atom. The molecule has 1 aromatic rings. The number of nitrogens with one attached hydrogen (secondary N) is 2. The molecule has 1 unspecified atom stereocenters. The summed E-state index contributed by atoms with van der Waals surface area (Å²) in [7, 11) is 0. The van der Waals surface area contributed by atoms with Crippen molar-refractivity contribution in [1.82, 2.24) is 10.3 Å². The van der Waals surface area contributed by atoms with Gasteiger partial charge in [0, 0.05) is 12.7 Å². The fourth-order valence-electron chi connectivity index (χ4n) is 2.21. The summed E-state index contributed by atoms with van der Waals surface area (Å²) in [6.07, 6.45) is 5.80. The first-order valence-electron chi connectivity index (χ1n) is 6.22. The molecule has 2 rings (SSSR count). The van der Waals surface area contributed by atoms with E-state index in [-0.39, 0.29) is 0 Å². The van der Waals surface area contributed by atoms with E-state index in [2.05, 4.69) is 28.6 Å². The molecule has 1 atom stereocenters. The summed E-state index contributed by atoms with van der Waals surface area (Å²) in [5.74, 6) is 1.84. The van der Waals surface area contributed by atoms with Gasteiger partial charge >= 0.3 is 0 Å². The summed E-state index contributed by atoms with van der Waals surface area (Å²) in [5.41, 5.74) is 1.26. The Hall–Kier alpha value is -1.09. The minimum Gasteiger partial charge on any atom is -0.370 e. The molecule has 2 N–H and O–H groups in total. The Labute approximate surface area is 97.7 Å². The van der Waals surface area contributed by atoms with Gasteiger partial charge < -0.3 is 10.6 Å². The molecule has 1 saturated heterocycles. The van der Waals surface area contributed by atoms with Crippen molar-refractivity contribution >= 4 is 5.82 Å². The molecule has 0 aliphatic carbocycles. The summed E-state index contributed by atoms with van der Waals surface area (Å²) in [4.78, 5) is 4.30. The van der Waals surface area contributed by atoms with Gasteiger partial charge in [0.2, 0.25) is 0 Å². The molecular formula is C13H21N3. The first-order valence-corrected chi connectivity index (χ1v) is 6.22. The SMILES string of the molecule is Cc1ccnc(NCCC2CCCNC2)c1. The number of hydrogen-bond donors (Lipinski definition) is 2. The Morgan fingerprint density at radius 1 is 1.56 bits per heavy atom. The molecule has 1 aliphatic rings. The maximum atomic E-state index is 4.30. The lowest BCUT2D eigenvalue weighted by Gasteiger charge is -2.22. The molecule has 0 aromatic carbocycles. The molecule has 1 aromatic heterocycles. The van der Waals surface area contributed by atoms with Crippen LogP contribution in [0.25, 0.3) is 0 Å². The Morgan fingerprint density at radius 2 is 2.50 bits per heavy atom. The van der Waals surface area contributed by atoms with Crippen molar-refractivity contribution in [3.05, 3.63) is 23.9 Å². The fourth-order valence-corrected chi connectivity index (χ4v) is 2.21. The molecule has 16 heavy (non-hydrogen) atoms. The highest BCUT2D eigenvalue weighted by Crippen LogP contribution is 2.14. The van der Waals surface area contributed by atoms with Gasteiger partial charge in [-0.3, -0.25) is 0 Å². The van der Waals surface area contributed by atoms with Crippen LogP contribution in [0, 0.1) is 12.8 Å². The topological polar surface area (TPSA) is 37.0 Å². The third-order valence-electron chi connectivity index (χ3n) is 3.17. The second-order valence-electron chi connectivity index (χ2n) is 4.65. The van der Waals surface area contributed by atoms with E-state index in [1.54, 1.807) is 0 Å². The average Bonchev–Trinajstić information content (AvgIpc) is 2.30. The zero-order valence-electron chi connectivity index (χ0n) is 10.00. The van der Waals surface area contributed by atoms with Crippen LogP contribution in [0.3, 0.4) is 0 Å². The number of nitrogens with zero attached hydrogens (tertiary/aromatic N) is 1. The number of aromatic nitrogens is 1. The summed E-state index contributed by atoms with van der Waals surface area (Å²) in [6.45, 7) is 5.51. The van der Waals surface area contributed by atoms with Crippen LogP contribution in [-0.2, 0) is 0 Å². The lowest BCUT2D eigenvalue weighted by atomic mass is 9.96. The monoisotopic (exact) mass is 219 g/mol. The quantitative estimate of drug-likeness (QED) is 0.815. The van der Waals surface area contributed by atoms with E-state index in [0.717, 1.165) is 18.3 Å². The number of rotatable bonds is 4. The number of pyridine rings is 1. The van der Waals surface area contributed by atoms with Gasteiger partial charge in [0.1, 0.15) is 5.82 Å². The van der Waals surface area contributed by atoms with Gasteiger partial charge in [-0.1, -0.05) is 0 Å². The van der Waals surface area contributed by atoms with E-state index in [9.17, 15) is 0 Å². The van der Waals surface area contributed by atoms with Crippen LogP contribution in [0.1, 0.15) is 24.8 Å². The van der Waals surface area contributed by atoms with Crippen LogP contribution >= 0.6 is 0 Å². The molecule has 1 fully saturated rings. The van der Waals surface area contributed by atoms with E-state index in [4.69, 9.17) is 0 Å². The molecule has 1 aliphatic heterocycles. The van der Waals surface area contributed by atoms with Crippen LogP contribution < -0.4 is 10.6 Å². The molecule has 0 radical (unpaired) electrons. The first kappa shape index (κ1) is 11.4. The van der Waals surface area contributed by atoms with Crippen LogP contribution in [0.5, 0.6) is 0 Å². The zero-order chi connectivity index (χ0) is 11.2. The number of piperidine rings is 1. The van der Waals surface area contributed by atoms with E-state index in [1.165, 1.54) is 37.9 Å². The normalized spacial score (nSPS) is 20.7. The maximum Gasteiger partial charge on any atom is 0.126 e. The fraction of sp³-hybridized carbons (Fsp3) is 0.615. The third kappa shape index (κ3) is 3.49. The molecule has 88 valence electrons. The zero-order valence-corrected chi connectivity index (χ0v) is 10.00. The largest absolute Gasteiger partial charge is 0.370 e. The average molecular weight is 219 g/mol. The maximum absolute atomic E-state index is 4.30. The lowest BCUT2D eigenvalue weighted by Crippen LogP contribution is -2.30. The molecule has 0 amide bonds. The highest BCUT2D eigenvalue weighted by Gasteiger charge is 2.11. The van der Waals surface area contributed by atoms with Crippen LogP contribution in [0.2, 0.25) is 0 Å². The summed E-state index contributed by atoms with van der Waals surface area (Å²) in [5, 5.41) is 6.84. The predicted octanol–water partition coefficient (Wildman–Crippen LogP) is 2.19. The Bertz CT molecular complexity index is 319. The Kier molecular flexibility index (Phi) is 4.17. The van der Waals surface area contributed by atoms with E-state index >= 15 is 0 Å². The van der Waals surface area contributed by atoms with Crippen molar-refractivity contribution in [2.75, 3.05) is 25.0 Å². The van der Waals surface area contributed by atoms with Crippen molar-refractivity contribution in [2.24, 2.45) is 5.92 Å². The summed E-state index contributed by atoms with van der Waals surface area (Å²) in [6, 6.07) is 4.12. The molecule has 0 bridgehead atoms. The molecular weight excluding hydrogens is 198 g/mol. The number of hydrogen-bond acceptors (Lipinski definition) is 3. The van der Waals surface area contributed by atoms with E-state index in [0.29, 0.717) is 0 Å². The van der Waals surface area contributed by atoms with Gasteiger partial charge in [-0.15, -0.1) is 0 Å². The van der Waals surface area contributed by atoms with Gasteiger partial charge in [0.25, 0.3) is 0 Å². The van der Waals surface area contributed by atoms with Gasteiger partial charge in [-0.25, -0.2) is 4.98 Å². The van der Waals surface area contributed by atoms with Crippen molar-refractivity contribution < 1.29 is 0 Å². The van der Waals surface area contributed by atoms with Crippen LogP contribution in [0.4, 0.5) is 5.82 Å². The summed E-state index contributed by atoms with van der Waals surface area (Å²) >= 11 is 0. The third-order valence-corrected chi connectivity index (χ3v) is 3.17. The number of anilines is 1. The highest BCUT2D eigenvalue weighted by atomic mass is 15.0. The first-order chi connectivity index (χ1) is 7.84. The number of aryl methyl sites for hydroxylation is 1. The molecule has 2 heterocycles. The highest BCUT2D eigenvalue weighted by molar-refractivity contribution is 5.36. The van der Waals surface area contributed by atoms with Crippen LogP contribution in [-0.4, -0.2) is 24.6 Å². The van der Waals surface area contributed by atoms with E-state index < -0.39 is 0 Å². The van der Waals surface area contributed by atoms with E-state index in [1.807, 2.05) is 12.3 Å². The Balaban J connectivity index is 1.71. The standard InChI is InChI=1S/C13H21N3/c1-11-4-7-15-13(9-11)16-8-5-12-3-2-6-14-10-12/h4,7,9,12,14H,2-3,5-6,8,10H2,1H3,(H,15,16). The van der Waals surface area contributed by atoms with Crippen LogP contribution in [0.15, 0.2) is 18.3 Å². The van der Waals surface area contributed by atoms with Gasteiger partial charge in [0.05, 0.1) is 0 Å². The second kappa shape index (κ2) is 5.85. The minimum absolute atomic E-state index is 0.839. The van der Waals surface area contributed by atoms with Gasteiger partial charge in [-0.2, -0.15) is 0 Å². The molecule has 3 nitrogen and oxygen atoms in total.